The van der Waals surface area contributed by atoms with Crippen LogP contribution in [0.15, 0.2) is 33.3 Å². The summed E-state index contributed by atoms with van der Waals surface area (Å²) in [6.07, 6.45) is 0. The number of rotatable bonds is 4. The topological polar surface area (TPSA) is 58.3 Å². The number of phenolic OH excluding ortho intramolecular Hbond substituents is 1. The standard InChI is InChI=1S/C12H13BrN2O2/c1-8-4-10(15-17-8)7-14-6-9-2-3-12(16)11(13)5-9/h2-5,14,16H,6-7H2,1H3. The van der Waals surface area contributed by atoms with Crippen molar-refractivity contribution in [2.75, 3.05) is 0 Å². The van der Waals surface area contributed by atoms with Gasteiger partial charge in [0.1, 0.15) is 11.5 Å². The zero-order chi connectivity index (χ0) is 12.3. The number of halogens is 1. The number of nitrogens with one attached hydrogen (secondary N) is 1. The molecule has 2 N–H and O–H groups in total. The first-order valence-electron chi connectivity index (χ1n) is 5.25. The monoisotopic (exact) mass is 296 g/mol. The average Bonchev–Trinajstić information content (AvgIpc) is 2.70. The molecule has 0 atom stereocenters. The maximum Gasteiger partial charge on any atom is 0.133 e. The fourth-order valence-corrected chi connectivity index (χ4v) is 1.92. The Kier molecular flexibility index (Phi) is 3.81. The number of aromatic nitrogens is 1. The number of nitrogens with zero attached hydrogens (tertiary/aromatic N) is 1. The average molecular weight is 297 g/mol. The second-order valence-electron chi connectivity index (χ2n) is 3.82. The molecule has 90 valence electrons. The molecular weight excluding hydrogens is 284 g/mol. The molecule has 0 unspecified atom stereocenters. The van der Waals surface area contributed by atoms with Gasteiger partial charge in [-0.25, -0.2) is 0 Å². The predicted molar refractivity (Wildman–Crippen MR) is 67.6 cm³/mol. The van der Waals surface area contributed by atoms with Gasteiger partial charge in [0, 0.05) is 19.2 Å². The second kappa shape index (κ2) is 5.33. The Labute approximate surface area is 108 Å². The minimum Gasteiger partial charge on any atom is -0.507 e. The van der Waals surface area contributed by atoms with E-state index in [4.69, 9.17) is 4.52 Å². The Bertz CT molecular complexity index is 511. The van der Waals surface area contributed by atoms with Gasteiger partial charge in [-0.1, -0.05) is 11.2 Å². The van der Waals surface area contributed by atoms with Crippen molar-refractivity contribution in [2.45, 2.75) is 20.0 Å². The predicted octanol–water partition coefficient (Wildman–Crippen LogP) is 2.74. The third-order valence-corrected chi connectivity index (χ3v) is 2.96. The summed E-state index contributed by atoms with van der Waals surface area (Å²) in [7, 11) is 0. The van der Waals surface area contributed by atoms with Crippen LogP contribution in [0.2, 0.25) is 0 Å². The third-order valence-electron chi connectivity index (χ3n) is 2.32. The molecule has 0 saturated heterocycles. The molecule has 0 saturated carbocycles. The summed E-state index contributed by atoms with van der Waals surface area (Å²) >= 11 is 3.28. The van der Waals surface area contributed by atoms with Gasteiger partial charge in [0.15, 0.2) is 0 Å². The van der Waals surface area contributed by atoms with Gasteiger partial charge in [0.25, 0.3) is 0 Å². The van der Waals surface area contributed by atoms with Crippen molar-refractivity contribution in [3.63, 3.8) is 0 Å². The van der Waals surface area contributed by atoms with Crippen molar-refractivity contribution in [2.24, 2.45) is 0 Å². The van der Waals surface area contributed by atoms with E-state index in [1.165, 1.54) is 0 Å². The molecule has 0 amide bonds. The maximum atomic E-state index is 9.36. The quantitative estimate of drug-likeness (QED) is 0.911. The molecular formula is C12H13BrN2O2. The van der Waals surface area contributed by atoms with Crippen LogP contribution in [0.4, 0.5) is 0 Å². The molecule has 0 bridgehead atoms. The van der Waals surface area contributed by atoms with Gasteiger partial charge in [0.2, 0.25) is 0 Å². The number of aryl methyl sites for hydroxylation is 1. The lowest BCUT2D eigenvalue weighted by atomic mass is 10.2. The van der Waals surface area contributed by atoms with Crippen molar-refractivity contribution in [3.05, 3.63) is 45.8 Å². The zero-order valence-corrected chi connectivity index (χ0v) is 11.0. The summed E-state index contributed by atoms with van der Waals surface area (Å²) in [4.78, 5) is 0. The van der Waals surface area contributed by atoms with Crippen LogP contribution in [0.1, 0.15) is 17.0 Å². The Balaban J connectivity index is 1.87. The summed E-state index contributed by atoms with van der Waals surface area (Å²) in [5.41, 5.74) is 1.98. The van der Waals surface area contributed by atoms with Gasteiger partial charge in [0.05, 0.1) is 10.2 Å². The summed E-state index contributed by atoms with van der Waals surface area (Å²) in [6.45, 7) is 3.24. The zero-order valence-electron chi connectivity index (χ0n) is 9.40. The molecule has 2 aromatic rings. The van der Waals surface area contributed by atoms with E-state index in [1.807, 2.05) is 25.1 Å². The number of aromatic hydroxyl groups is 1. The second-order valence-corrected chi connectivity index (χ2v) is 4.67. The van der Waals surface area contributed by atoms with Crippen LogP contribution in [-0.4, -0.2) is 10.3 Å². The molecule has 0 aliphatic rings. The van der Waals surface area contributed by atoms with E-state index >= 15 is 0 Å². The van der Waals surface area contributed by atoms with Crippen molar-refractivity contribution in [1.29, 1.82) is 0 Å². The van der Waals surface area contributed by atoms with Crippen LogP contribution in [-0.2, 0) is 13.1 Å². The van der Waals surface area contributed by atoms with Gasteiger partial charge >= 0.3 is 0 Å². The van der Waals surface area contributed by atoms with Crippen LogP contribution < -0.4 is 5.32 Å². The Morgan fingerprint density at radius 3 is 2.82 bits per heavy atom. The molecule has 1 aromatic carbocycles. The smallest absolute Gasteiger partial charge is 0.133 e. The highest BCUT2D eigenvalue weighted by Crippen LogP contribution is 2.24. The van der Waals surface area contributed by atoms with E-state index < -0.39 is 0 Å². The minimum absolute atomic E-state index is 0.251. The van der Waals surface area contributed by atoms with E-state index in [2.05, 4.69) is 26.4 Å². The van der Waals surface area contributed by atoms with Crippen molar-refractivity contribution >= 4 is 15.9 Å². The first kappa shape index (κ1) is 12.1. The van der Waals surface area contributed by atoms with Crippen molar-refractivity contribution in [1.82, 2.24) is 10.5 Å². The Hall–Kier alpha value is -1.33. The van der Waals surface area contributed by atoms with Crippen LogP contribution in [0.3, 0.4) is 0 Å². The van der Waals surface area contributed by atoms with Gasteiger partial charge < -0.3 is 14.9 Å². The molecule has 0 spiro atoms. The Morgan fingerprint density at radius 1 is 1.35 bits per heavy atom. The Morgan fingerprint density at radius 2 is 2.18 bits per heavy atom. The largest absolute Gasteiger partial charge is 0.507 e. The minimum atomic E-state index is 0.251. The molecule has 0 radical (unpaired) electrons. The molecule has 5 heteroatoms. The van der Waals surface area contributed by atoms with Crippen LogP contribution in [0, 0.1) is 6.92 Å². The summed E-state index contributed by atoms with van der Waals surface area (Å²) in [5, 5.41) is 16.5. The van der Waals surface area contributed by atoms with E-state index in [0.717, 1.165) is 17.0 Å². The van der Waals surface area contributed by atoms with E-state index in [-0.39, 0.29) is 5.75 Å². The number of benzene rings is 1. The highest BCUT2D eigenvalue weighted by atomic mass is 79.9. The molecule has 1 heterocycles. The molecule has 17 heavy (non-hydrogen) atoms. The molecule has 0 fully saturated rings. The highest BCUT2D eigenvalue weighted by Gasteiger charge is 2.01. The van der Waals surface area contributed by atoms with Gasteiger partial charge in [-0.05, 0) is 40.5 Å². The molecule has 1 aromatic heterocycles. The number of hydrogen-bond acceptors (Lipinski definition) is 4. The van der Waals surface area contributed by atoms with Gasteiger partial charge in [-0.2, -0.15) is 0 Å². The number of hydrogen-bond donors (Lipinski definition) is 2. The lowest BCUT2D eigenvalue weighted by Crippen LogP contribution is -2.12. The normalized spacial score (nSPS) is 10.7. The van der Waals surface area contributed by atoms with E-state index in [0.29, 0.717) is 17.6 Å². The highest BCUT2D eigenvalue weighted by molar-refractivity contribution is 9.10. The lowest BCUT2D eigenvalue weighted by Gasteiger charge is -2.04. The fourth-order valence-electron chi connectivity index (χ4n) is 1.50. The maximum absolute atomic E-state index is 9.36. The van der Waals surface area contributed by atoms with Gasteiger partial charge in [-0.15, -0.1) is 0 Å². The molecule has 4 nitrogen and oxygen atoms in total. The lowest BCUT2D eigenvalue weighted by molar-refractivity contribution is 0.388. The van der Waals surface area contributed by atoms with Crippen molar-refractivity contribution in [3.8, 4) is 5.75 Å². The molecule has 0 aliphatic heterocycles. The van der Waals surface area contributed by atoms with E-state index in [9.17, 15) is 5.11 Å². The van der Waals surface area contributed by atoms with Crippen LogP contribution >= 0.6 is 15.9 Å². The molecule has 0 aliphatic carbocycles. The van der Waals surface area contributed by atoms with E-state index in [1.54, 1.807) is 6.07 Å². The summed E-state index contributed by atoms with van der Waals surface area (Å²) in [6, 6.07) is 7.33. The third kappa shape index (κ3) is 3.31. The van der Waals surface area contributed by atoms with Crippen molar-refractivity contribution < 1.29 is 9.63 Å². The van der Waals surface area contributed by atoms with Crippen LogP contribution in [0.5, 0.6) is 5.75 Å². The SMILES string of the molecule is Cc1cc(CNCc2ccc(O)c(Br)c2)no1. The first-order valence-corrected chi connectivity index (χ1v) is 6.05. The molecule has 2 rings (SSSR count). The van der Waals surface area contributed by atoms with Crippen LogP contribution in [0.25, 0.3) is 0 Å². The number of phenols is 1. The first-order chi connectivity index (χ1) is 8.15. The summed E-state index contributed by atoms with van der Waals surface area (Å²) in [5.74, 6) is 1.06. The summed E-state index contributed by atoms with van der Waals surface area (Å²) < 4.78 is 5.67. The van der Waals surface area contributed by atoms with Gasteiger partial charge in [-0.3, -0.25) is 0 Å². The fraction of sp³-hybridized carbons (Fsp3) is 0.250.